The number of fused-ring (bicyclic) bond motifs is 1. The Labute approximate surface area is 138 Å². The maximum Gasteiger partial charge on any atom is 0.352 e. The van der Waals surface area contributed by atoms with Crippen molar-refractivity contribution in [3.8, 4) is 0 Å². The average Bonchev–Trinajstić information content (AvgIpc) is 2.79. The predicted molar refractivity (Wildman–Crippen MR) is 84.0 cm³/mol. The van der Waals surface area contributed by atoms with Crippen LogP contribution < -0.4 is 11.3 Å². The molecule has 0 spiro atoms. The summed E-state index contributed by atoms with van der Waals surface area (Å²) in [5.74, 6) is 3.18. The van der Waals surface area contributed by atoms with Crippen molar-refractivity contribution in [1.82, 2.24) is 10.3 Å². The van der Waals surface area contributed by atoms with Gasteiger partial charge in [-0.1, -0.05) is 6.92 Å². The van der Waals surface area contributed by atoms with Gasteiger partial charge in [0.05, 0.1) is 18.1 Å². The van der Waals surface area contributed by atoms with Crippen molar-refractivity contribution in [2.45, 2.75) is 44.1 Å². The Balaban J connectivity index is 2.05. The number of aliphatic hydroxyl groups excluding tert-OH is 1. The number of aliphatic hydroxyl groups is 1. The molecule has 0 aliphatic carbocycles. The molecule has 0 bridgehead atoms. The summed E-state index contributed by atoms with van der Waals surface area (Å²) in [4.78, 5) is 36.1. The number of hydrogen-bond acceptors (Lipinski definition) is 6. The first-order valence-electron chi connectivity index (χ1n) is 7.35. The molecule has 2 aliphatic rings. The summed E-state index contributed by atoms with van der Waals surface area (Å²) in [6, 6.07) is -0.271. The van der Waals surface area contributed by atoms with Gasteiger partial charge in [0, 0.05) is 17.4 Å². The normalized spacial score (nSPS) is 25.7. The monoisotopic (exact) mass is 343 g/mol. The highest BCUT2D eigenvalue weighted by Crippen LogP contribution is 2.44. The lowest BCUT2D eigenvalue weighted by Gasteiger charge is -2.44. The number of amides is 2. The van der Waals surface area contributed by atoms with Crippen molar-refractivity contribution >= 4 is 29.5 Å². The minimum absolute atomic E-state index is 0.0277. The Hall–Kier alpha value is -1.58. The van der Waals surface area contributed by atoms with E-state index in [9.17, 15) is 24.6 Å². The lowest BCUT2D eigenvalue weighted by molar-refractivity contribution is -0.161. The SMILES string of the molecule is CC(CC(=O)NN)SCC1=C(C(=O)O)N2C(=O)C(C(C)O)C2C1. The third-order valence-corrected chi connectivity index (χ3v) is 5.45. The third kappa shape index (κ3) is 3.36. The van der Waals surface area contributed by atoms with Crippen molar-refractivity contribution in [2.24, 2.45) is 11.8 Å². The molecule has 128 valence electrons. The molecule has 2 aliphatic heterocycles. The number of nitrogens with one attached hydrogen (secondary N) is 1. The number of carboxylic acids is 1. The van der Waals surface area contributed by atoms with Crippen LogP contribution in [0.5, 0.6) is 0 Å². The first kappa shape index (κ1) is 17.8. The fraction of sp³-hybridized carbons (Fsp3) is 0.643. The summed E-state index contributed by atoms with van der Waals surface area (Å²) in [5, 5.41) is 19.0. The molecule has 0 saturated carbocycles. The molecule has 4 unspecified atom stereocenters. The van der Waals surface area contributed by atoms with Crippen LogP contribution in [0.25, 0.3) is 0 Å². The van der Waals surface area contributed by atoms with E-state index in [1.54, 1.807) is 6.92 Å². The first-order chi connectivity index (χ1) is 10.8. The Kier molecular flexibility index (Phi) is 5.33. The fourth-order valence-corrected chi connectivity index (χ4v) is 4.12. The molecular weight excluding hydrogens is 322 g/mol. The van der Waals surface area contributed by atoms with Gasteiger partial charge in [0.25, 0.3) is 0 Å². The van der Waals surface area contributed by atoms with E-state index >= 15 is 0 Å². The van der Waals surface area contributed by atoms with Gasteiger partial charge in [-0.05, 0) is 18.9 Å². The quantitative estimate of drug-likeness (QED) is 0.211. The molecule has 0 radical (unpaired) electrons. The van der Waals surface area contributed by atoms with E-state index in [0.29, 0.717) is 17.7 Å². The zero-order valence-corrected chi connectivity index (χ0v) is 13.8. The van der Waals surface area contributed by atoms with E-state index < -0.39 is 18.0 Å². The molecule has 1 saturated heterocycles. The van der Waals surface area contributed by atoms with Crippen LogP contribution in [0, 0.1) is 5.92 Å². The van der Waals surface area contributed by atoms with Crippen LogP contribution in [0.1, 0.15) is 26.7 Å². The van der Waals surface area contributed by atoms with Crippen LogP contribution >= 0.6 is 11.8 Å². The zero-order valence-electron chi connectivity index (χ0n) is 13.0. The molecule has 0 aromatic heterocycles. The van der Waals surface area contributed by atoms with E-state index in [1.165, 1.54) is 16.7 Å². The highest BCUT2D eigenvalue weighted by molar-refractivity contribution is 8.00. The van der Waals surface area contributed by atoms with Crippen molar-refractivity contribution in [2.75, 3.05) is 5.75 Å². The zero-order chi connectivity index (χ0) is 17.3. The standard InChI is InChI=1S/C14H21N3O5S/c1-6(3-10(19)16-15)23-5-8-4-9-11(7(2)18)13(20)17(9)12(8)14(21)22/h6-7,9,11,18H,3-5,15H2,1-2H3,(H,16,19)(H,21,22). The lowest BCUT2D eigenvalue weighted by Crippen LogP contribution is -2.61. The summed E-state index contributed by atoms with van der Waals surface area (Å²) < 4.78 is 0. The summed E-state index contributed by atoms with van der Waals surface area (Å²) in [6.45, 7) is 3.40. The predicted octanol–water partition coefficient (Wildman–Crippen LogP) is -0.562. The van der Waals surface area contributed by atoms with Gasteiger partial charge in [-0.3, -0.25) is 15.0 Å². The first-order valence-corrected chi connectivity index (χ1v) is 8.40. The van der Waals surface area contributed by atoms with Crippen molar-refractivity contribution < 1.29 is 24.6 Å². The number of carbonyl (C=O) groups is 3. The van der Waals surface area contributed by atoms with Gasteiger partial charge in [-0.2, -0.15) is 11.8 Å². The van der Waals surface area contributed by atoms with Crippen LogP contribution in [0.4, 0.5) is 0 Å². The van der Waals surface area contributed by atoms with Crippen LogP contribution in [0.3, 0.4) is 0 Å². The Morgan fingerprint density at radius 1 is 1.48 bits per heavy atom. The fourth-order valence-electron chi connectivity index (χ4n) is 3.11. The number of hydrazine groups is 1. The number of carboxylic acid groups (broad SMARTS) is 1. The van der Waals surface area contributed by atoms with E-state index in [-0.39, 0.29) is 35.2 Å². The van der Waals surface area contributed by atoms with Gasteiger partial charge in [0.15, 0.2) is 0 Å². The van der Waals surface area contributed by atoms with Gasteiger partial charge >= 0.3 is 5.97 Å². The van der Waals surface area contributed by atoms with Crippen LogP contribution in [0.15, 0.2) is 11.3 Å². The van der Waals surface area contributed by atoms with Gasteiger partial charge in [-0.15, -0.1) is 0 Å². The number of nitrogens with zero attached hydrogens (tertiary/aromatic N) is 1. The molecule has 2 amide bonds. The number of hydrogen-bond donors (Lipinski definition) is 4. The molecule has 0 aromatic rings. The number of thioether (sulfide) groups is 1. The van der Waals surface area contributed by atoms with E-state index in [1.807, 2.05) is 6.92 Å². The topological polar surface area (TPSA) is 133 Å². The van der Waals surface area contributed by atoms with E-state index in [0.717, 1.165) is 0 Å². The number of β-lactam (4-membered cyclic amide) rings is 1. The highest BCUT2D eigenvalue weighted by Gasteiger charge is 2.56. The molecular formula is C14H21N3O5S. The summed E-state index contributed by atoms with van der Waals surface area (Å²) in [5.41, 5.74) is 2.76. The molecule has 9 heteroatoms. The lowest BCUT2D eigenvalue weighted by atomic mass is 9.83. The van der Waals surface area contributed by atoms with Gasteiger partial charge in [0.2, 0.25) is 11.8 Å². The molecule has 2 rings (SSSR count). The Morgan fingerprint density at radius 3 is 2.65 bits per heavy atom. The van der Waals surface area contributed by atoms with Crippen LogP contribution in [0.2, 0.25) is 0 Å². The number of rotatable bonds is 7. The highest BCUT2D eigenvalue weighted by atomic mass is 32.2. The van der Waals surface area contributed by atoms with Gasteiger partial charge in [-0.25, -0.2) is 10.6 Å². The Bertz CT molecular complexity index is 563. The summed E-state index contributed by atoms with van der Waals surface area (Å²) in [6.07, 6.45) is -0.108. The molecule has 4 atom stereocenters. The van der Waals surface area contributed by atoms with E-state index in [4.69, 9.17) is 5.84 Å². The van der Waals surface area contributed by atoms with Crippen molar-refractivity contribution in [3.05, 3.63) is 11.3 Å². The van der Waals surface area contributed by atoms with Crippen molar-refractivity contribution in [1.29, 1.82) is 0 Å². The molecule has 1 fully saturated rings. The second-order valence-corrected chi connectivity index (χ2v) is 7.32. The minimum Gasteiger partial charge on any atom is -0.477 e. The molecule has 0 aromatic carbocycles. The summed E-state index contributed by atoms with van der Waals surface area (Å²) >= 11 is 1.44. The molecule has 8 nitrogen and oxygen atoms in total. The number of nitrogens with two attached hydrogens (primary N) is 1. The Morgan fingerprint density at radius 2 is 2.13 bits per heavy atom. The molecule has 23 heavy (non-hydrogen) atoms. The smallest absolute Gasteiger partial charge is 0.352 e. The second-order valence-electron chi connectivity index (χ2n) is 5.90. The third-order valence-electron chi connectivity index (χ3n) is 4.20. The number of carbonyl (C=O) groups excluding carboxylic acids is 2. The maximum absolute atomic E-state index is 12.1. The van der Waals surface area contributed by atoms with Crippen LogP contribution in [-0.2, 0) is 14.4 Å². The summed E-state index contributed by atoms with van der Waals surface area (Å²) in [7, 11) is 0. The molecule has 5 N–H and O–H groups in total. The second kappa shape index (κ2) is 6.90. The van der Waals surface area contributed by atoms with Crippen molar-refractivity contribution in [3.63, 3.8) is 0 Å². The van der Waals surface area contributed by atoms with E-state index in [2.05, 4.69) is 5.43 Å². The minimum atomic E-state index is -1.13. The largest absolute Gasteiger partial charge is 0.477 e. The maximum atomic E-state index is 12.1. The van der Waals surface area contributed by atoms with Gasteiger partial charge in [0.1, 0.15) is 5.70 Å². The number of aliphatic carboxylic acids is 1. The average molecular weight is 343 g/mol. The van der Waals surface area contributed by atoms with Gasteiger partial charge < -0.3 is 15.1 Å². The molecule has 2 heterocycles. The van der Waals surface area contributed by atoms with Crippen LogP contribution in [-0.4, -0.2) is 56.0 Å².